The predicted molar refractivity (Wildman–Crippen MR) is 136 cm³/mol. The summed E-state index contributed by atoms with van der Waals surface area (Å²) < 4.78 is 31.3. The van der Waals surface area contributed by atoms with Gasteiger partial charge in [-0.05, 0) is 71.6 Å². The minimum atomic E-state index is -3.72. The van der Waals surface area contributed by atoms with Gasteiger partial charge in [-0.3, -0.25) is 4.72 Å². The summed E-state index contributed by atoms with van der Waals surface area (Å²) in [6, 6.07) is 13.3. The molecule has 4 nitrogen and oxygen atoms in total. The number of nitrogens with one attached hydrogen (secondary N) is 1. The van der Waals surface area contributed by atoms with Crippen molar-refractivity contribution in [2.75, 3.05) is 4.72 Å². The number of pyridine rings is 1. The van der Waals surface area contributed by atoms with Crippen LogP contribution in [0.2, 0.25) is 0 Å². The molecule has 0 bridgehead atoms. The largest absolute Gasteiger partial charge is 0.302 e. The molecule has 1 saturated carbocycles. The van der Waals surface area contributed by atoms with E-state index in [2.05, 4.69) is 61.9 Å². The highest BCUT2D eigenvalue weighted by Gasteiger charge is 2.27. The average Bonchev–Trinajstić information content (AvgIpc) is 3.56. The summed E-state index contributed by atoms with van der Waals surface area (Å²) in [4.78, 5) is 0.266. The molecule has 2 aliphatic rings. The van der Waals surface area contributed by atoms with Gasteiger partial charge in [0.25, 0.3) is 10.0 Å². The fourth-order valence-corrected chi connectivity index (χ4v) is 5.38. The van der Waals surface area contributed by atoms with Crippen molar-refractivity contribution in [3.63, 3.8) is 0 Å². The van der Waals surface area contributed by atoms with Gasteiger partial charge in [-0.1, -0.05) is 69.4 Å². The minimum absolute atomic E-state index is 0.0291. The van der Waals surface area contributed by atoms with Gasteiger partial charge in [0.1, 0.15) is 5.82 Å². The molecular weight excluding hydrogens is 428 g/mol. The Kier molecular flexibility index (Phi) is 5.32. The highest BCUT2D eigenvalue weighted by molar-refractivity contribution is 7.92. The zero-order chi connectivity index (χ0) is 23.2. The summed E-state index contributed by atoms with van der Waals surface area (Å²) in [5.41, 5.74) is 5.68. The summed E-state index contributed by atoms with van der Waals surface area (Å²) in [6.07, 6.45) is 15.8. The summed E-state index contributed by atoms with van der Waals surface area (Å²) in [5, 5.41) is 0. The molecule has 1 fully saturated rings. The minimum Gasteiger partial charge on any atom is -0.302 e. The number of benzene rings is 1. The van der Waals surface area contributed by atoms with Gasteiger partial charge < -0.3 is 4.40 Å². The zero-order valence-corrected chi connectivity index (χ0v) is 20.2. The second kappa shape index (κ2) is 8.07. The number of fused-ring (bicyclic) bond motifs is 1. The van der Waals surface area contributed by atoms with Gasteiger partial charge in [0, 0.05) is 11.8 Å². The first-order chi connectivity index (χ1) is 15.7. The molecule has 0 aliphatic heterocycles. The number of nitrogens with zero attached hydrogens (tertiary/aromatic N) is 1. The lowest BCUT2D eigenvalue weighted by Crippen LogP contribution is -2.16. The van der Waals surface area contributed by atoms with Crippen LogP contribution in [0.4, 0.5) is 5.82 Å². The van der Waals surface area contributed by atoms with Gasteiger partial charge in [-0.25, -0.2) is 8.42 Å². The lowest BCUT2D eigenvalue weighted by molar-refractivity contribution is 0.587. The lowest BCUT2D eigenvalue weighted by atomic mass is 9.87. The third-order valence-corrected chi connectivity index (χ3v) is 7.78. The molecule has 2 aliphatic carbocycles. The van der Waals surface area contributed by atoms with E-state index in [9.17, 15) is 8.42 Å². The fourth-order valence-electron chi connectivity index (χ4n) is 4.32. The predicted octanol–water partition coefficient (Wildman–Crippen LogP) is 6.81. The maximum Gasteiger partial charge on any atom is 0.263 e. The molecule has 0 radical (unpaired) electrons. The lowest BCUT2D eigenvalue weighted by Gasteiger charge is -2.19. The monoisotopic (exact) mass is 458 g/mol. The summed E-state index contributed by atoms with van der Waals surface area (Å²) in [6.45, 7) is 6.35. The first-order valence-electron chi connectivity index (χ1n) is 11.5. The van der Waals surface area contributed by atoms with E-state index in [4.69, 9.17) is 0 Å². The van der Waals surface area contributed by atoms with Crippen molar-refractivity contribution in [1.29, 1.82) is 0 Å². The number of hydrogen-bond acceptors (Lipinski definition) is 2. The second-order valence-corrected chi connectivity index (χ2v) is 11.7. The maximum absolute atomic E-state index is 13.2. The molecule has 0 unspecified atom stereocenters. The standard InChI is InChI=1S/C28H30N2O2S/c1-28(2,3)23-12-14-24(15-13-23)33(31,32)29-27-17-16-25(21-10-11-21)26-18-22(19-30(26)27)20-8-6-4-5-7-9-20/h4-6,8-9,12-19,21,29H,7,10-11H2,1-3H3. The summed E-state index contributed by atoms with van der Waals surface area (Å²) in [7, 11) is -3.72. The van der Waals surface area contributed by atoms with Gasteiger partial charge >= 0.3 is 0 Å². The van der Waals surface area contributed by atoms with Gasteiger partial charge in [0.15, 0.2) is 0 Å². The molecular formula is C28H30N2O2S. The highest BCUT2D eigenvalue weighted by atomic mass is 32.2. The Morgan fingerprint density at radius 3 is 2.45 bits per heavy atom. The summed E-state index contributed by atoms with van der Waals surface area (Å²) >= 11 is 0. The van der Waals surface area contributed by atoms with Gasteiger partial charge in [0.2, 0.25) is 0 Å². The van der Waals surface area contributed by atoms with Gasteiger partial charge in [-0.2, -0.15) is 0 Å². The van der Waals surface area contributed by atoms with Crippen LogP contribution in [-0.2, 0) is 15.4 Å². The van der Waals surface area contributed by atoms with Crippen LogP contribution in [0.5, 0.6) is 0 Å². The van der Waals surface area contributed by atoms with Crippen LogP contribution < -0.4 is 4.72 Å². The van der Waals surface area contributed by atoms with Crippen LogP contribution in [-0.4, -0.2) is 12.8 Å². The first kappa shape index (κ1) is 21.8. The van der Waals surface area contributed by atoms with Crippen molar-refractivity contribution in [3.05, 3.63) is 95.7 Å². The molecule has 33 heavy (non-hydrogen) atoms. The Hall–Kier alpha value is -3.05. The molecule has 5 rings (SSSR count). The Bertz CT molecular complexity index is 1390. The third kappa shape index (κ3) is 4.42. The molecule has 0 atom stereocenters. The number of sulfonamides is 1. The number of hydrogen-bond donors (Lipinski definition) is 1. The van der Waals surface area contributed by atoms with E-state index in [0.717, 1.165) is 28.6 Å². The van der Waals surface area contributed by atoms with E-state index < -0.39 is 10.0 Å². The van der Waals surface area contributed by atoms with Crippen molar-refractivity contribution < 1.29 is 8.42 Å². The number of rotatable bonds is 5. The van der Waals surface area contributed by atoms with E-state index >= 15 is 0 Å². The number of allylic oxidation sites excluding steroid dienone is 6. The van der Waals surface area contributed by atoms with Crippen LogP contribution in [0.25, 0.3) is 11.1 Å². The molecule has 0 spiro atoms. The van der Waals surface area contributed by atoms with Crippen molar-refractivity contribution in [2.45, 2.75) is 56.3 Å². The van der Waals surface area contributed by atoms with Crippen molar-refractivity contribution in [3.8, 4) is 0 Å². The van der Waals surface area contributed by atoms with E-state index in [1.807, 2.05) is 34.9 Å². The molecule has 2 heterocycles. The van der Waals surface area contributed by atoms with Crippen LogP contribution in [0.3, 0.4) is 0 Å². The van der Waals surface area contributed by atoms with Crippen LogP contribution >= 0.6 is 0 Å². The van der Waals surface area contributed by atoms with Crippen LogP contribution in [0.15, 0.2) is 83.9 Å². The fraction of sp³-hybridized carbons (Fsp3) is 0.286. The topological polar surface area (TPSA) is 50.6 Å². The van der Waals surface area contributed by atoms with Crippen molar-refractivity contribution >= 4 is 26.9 Å². The Balaban J connectivity index is 1.54. The Morgan fingerprint density at radius 1 is 1.00 bits per heavy atom. The molecule has 170 valence electrons. The van der Waals surface area contributed by atoms with Crippen molar-refractivity contribution in [2.24, 2.45) is 0 Å². The first-order valence-corrected chi connectivity index (χ1v) is 13.0. The molecule has 0 amide bonds. The number of anilines is 1. The third-order valence-electron chi connectivity index (χ3n) is 6.41. The van der Waals surface area contributed by atoms with Gasteiger partial charge in [-0.15, -0.1) is 0 Å². The van der Waals surface area contributed by atoms with E-state index in [1.165, 1.54) is 18.4 Å². The normalized spacial score (nSPS) is 16.6. The molecule has 1 aromatic carbocycles. The smallest absolute Gasteiger partial charge is 0.263 e. The van der Waals surface area contributed by atoms with Gasteiger partial charge in [0.05, 0.1) is 10.4 Å². The van der Waals surface area contributed by atoms with E-state index in [-0.39, 0.29) is 10.3 Å². The molecule has 3 aromatic rings. The number of aromatic nitrogens is 1. The molecule has 2 aromatic heterocycles. The molecule has 0 saturated heterocycles. The van der Waals surface area contributed by atoms with E-state index in [1.54, 1.807) is 12.1 Å². The van der Waals surface area contributed by atoms with Crippen LogP contribution in [0.1, 0.15) is 62.6 Å². The van der Waals surface area contributed by atoms with E-state index in [0.29, 0.717) is 11.7 Å². The zero-order valence-electron chi connectivity index (χ0n) is 19.4. The maximum atomic E-state index is 13.2. The second-order valence-electron chi connectivity index (χ2n) is 9.99. The Labute approximate surface area is 196 Å². The SMILES string of the molecule is CC(C)(C)c1ccc(S(=O)(=O)Nc2ccc(C3CC3)c3cc(C4=CCC=CC=C4)cn23)cc1. The summed E-state index contributed by atoms with van der Waals surface area (Å²) in [5.74, 6) is 1.11. The molecule has 1 N–H and O–H groups in total. The quantitative estimate of drug-likeness (QED) is 0.456. The molecule has 5 heteroatoms. The highest BCUT2D eigenvalue weighted by Crippen LogP contribution is 2.43. The average molecular weight is 459 g/mol. The van der Waals surface area contributed by atoms with Crippen molar-refractivity contribution in [1.82, 2.24) is 4.40 Å². The Morgan fingerprint density at radius 2 is 1.76 bits per heavy atom. The van der Waals surface area contributed by atoms with Crippen LogP contribution in [0, 0.1) is 0 Å².